The van der Waals surface area contributed by atoms with Crippen molar-refractivity contribution in [3.63, 3.8) is 0 Å². The first-order valence-electron chi connectivity index (χ1n) is 5.12. The quantitative estimate of drug-likeness (QED) is 0.706. The molecule has 0 radical (unpaired) electrons. The molecule has 0 aliphatic rings. The summed E-state index contributed by atoms with van der Waals surface area (Å²) in [7, 11) is 0. The highest BCUT2D eigenvalue weighted by Gasteiger charge is 2.12. The van der Waals surface area contributed by atoms with E-state index in [1.54, 1.807) is 11.3 Å². The zero-order valence-electron chi connectivity index (χ0n) is 8.91. The summed E-state index contributed by atoms with van der Waals surface area (Å²) in [5.41, 5.74) is 1.10. The molecule has 0 N–H and O–H groups in total. The molecule has 0 saturated carbocycles. The Hall–Kier alpha value is -0.540. The Morgan fingerprint density at radius 3 is 2.87 bits per heavy atom. The van der Waals surface area contributed by atoms with Crippen molar-refractivity contribution in [2.75, 3.05) is 19.0 Å². The van der Waals surface area contributed by atoms with E-state index >= 15 is 0 Å². The van der Waals surface area contributed by atoms with Gasteiger partial charge < -0.3 is 4.90 Å². The van der Waals surface area contributed by atoms with Gasteiger partial charge in [-0.2, -0.15) is 11.3 Å². The fraction of sp³-hybridized carbons (Fsp3) is 0.545. The summed E-state index contributed by atoms with van der Waals surface area (Å²) >= 11 is 7.29. The molecule has 0 unspecified atom stereocenters. The minimum atomic E-state index is 0.177. The van der Waals surface area contributed by atoms with Crippen LogP contribution in [0.2, 0.25) is 0 Å². The van der Waals surface area contributed by atoms with Gasteiger partial charge in [0.05, 0.1) is 6.42 Å². The zero-order valence-corrected chi connectivity index (χ0v) is 10.5. The average molecular weight is 246 g/mol. The molecule has 0 atom stereocenters. The molecule has 1 aromatic heterocycles. The fourth-order valence-corrected chi connectivity index (χ4v) is 2.29. The molecule has 1 heterocycles. The molecule has 0 spiro atoms. The van der Waals surface area contributed by atoms with Gasteiger partial charge in [0.15, 0.2) is 0 Å². The van der Waals surface area contributed by atoms with Crippen LogP contribution in [0.1, 0.15) is 18.9 Å². The van der Waals surface area contributed by atoms with Gasteiger partial charge in [0.1, 0.15) is 0 Å². The average Bonchev–Trinajstić information content (AvgIpc) is 2.70. The van der Waals surface area contributed by atoms with Crippen molar-refractivity contribution in [1.29, 1.82) is 0 Å². The van der Waals surface area contributed by atoms with Crippen molar-refractivity contribution in [2.45, 2.75) is 19.8 Å². The molecule has 15 heavy (non-hydrogen) atoms. The lowest BCUT2D eigenvalue weighted by molar-refractivity contribution is -0.130. The number of halogens is 1. The Labute approximate surface area is 99.9 Å². The number of amides is 1. The van der Waals surface area contributed by atoms with Crippen molar-refractivity contribution >= 4 is 28.8 Å². The van der Waals surface area contributed by atoms with Gasteiger partial charge in [0, 0.05) is 19.0 Å². The zero-order chi connectivity index (χ0) is 11.1. The Bertz CT molecular complexity index is 281. The summed E-state index contributed by atoms with van der Waals surface area (Å²) in [6.45, 7) is 3.52. The maximum Gasteiger partial charge on any atom is 0.227 e. The van der Waals surface area contributed by atoms with Crippen molar-refractivity contribution in [1.82, 2.24) is 4.90 Å². The third-order valence-corrected chi connectivity index (χ3v) is 3.04. The van der Waals surface area contributed by atoms with Gasteiger partial charge in [-0.1, -0.05) is 6.92 Å². The van der Waals surface area contributed by atoms with E-state index in [2.05, 4.69) is 6.92 Å². The first-order valence-corrected chi connectivity index (χ1v) is 6.60. The van der Waals surface area contributed by atoms with E-state index in [4.69, 9.17) is 11.6 Å². The monoisotopic (exact) mass is 245 g/mol. The molecular formula is C11H16ClNOS. The summed E-state index contributed by atoms with van der Waals surface area (Å²) in [4.78, 5) is 13.7. The maximum absolute atomic E-state index is 11.9. The molecule has 1 amide bonds. The number of hydrogen-bond acceptors (Lipinski definition) is 2. The summed E-state index contributed by atoms with van der Waals surface area (Å²) in [6, 6.07) is 1.99. The third kappa shape index (κ3) is 4.22. The van der Waals surface area contributed by atoms with Gasteiger partial charge in [-0.05, 0) is 28.8 Å². The number of hydrogen-bond donors (Lipinski definition) is 0. The minimum absolute atomic E-state index is 0.177. The first-order chi connectivity index (χ1) is 7.27. The van der Waals surface area contributed by atoms with Crippen LogP contribution < -0.4 is 0 Å². The first kappa shape index (κ1) is 12.5. The predicted octanol–water partition coefficient (Wildman–Crippen LogP) is 2.77. The molecule has 1 rings (SSSR count). The highest BCUT2D eigenvalue weighted by Crippen LogP contribution is 2.08. The topological polar surface area (TPSA) is 20.3 Å². The second-order valence-electron chi connectivity index (χ2n) is 3.38. The van der Waals surface area contributed by atoms with E-state index in [9.17, 15) is 4.79 Å². The van der Waals surface area contributed by atoms with Crippen LogP contribution >= 0.6 is 22.9 Å². The van der Waals surface area contributed by atoms with Crippen LogP contribution in [0.5, 0.6) is 0 Å². The highest BCUT2D eigenvalue weighted by molar-refractivity contribution is 7.07. The summed E-state index contributed by atoms with van der Waals surface area (Å²) in [6.07, 6.45) is 1.48. The standard InChI is InChI=1S/C11H16ClNOS/c1-2-5-13(6-4-12)11(14)8-10-3-7-15-9-10/h3,7,9H,2,4-6,8H2,1H3. The number of nitrogens with zero attached hydrogens (tertiary/aromatic N) is 1. The van der Waals surface area contributed by atoms with Crippen LogP contribution in [-0.4, -0.2) is 29.8 Å². The van der Waals surface area contributed by atoms with Crippen molar-refractivity contribution in [3.8, 4) is 0 Å². The van der Waals surface area contributed by atoms with E-state index in [1.807, 2.05) is 21.7 Å². The molecule has 0 bridgehead atoms. The summed E-state index contributed by atoms with van der Waals surface area (Å²) < 4.78 is 0. The molecule has 0 aliphatic carbocycles. The van der Waals surface area contributed by atoms with Crippen LogP contribution in [0.25, 0.3) is 0 Å². The molecular weight excluding hydrogens is 230 g/mol. The van der Waals surface area contributed by atoms with Gasteiger partial charge in [-0.3, -0.25) is 4.79 Å². The lowest BCUT2D eigenvalue weighted by Gasteiger charge is -2.20. The molecule has 0 fully saturated rings. The highest BCUT2D eigenvalue weighted by atomic mass is 35.5. The van der Waals surface area contributed by atoms with Crippen molar-refractivity contribution < 1.29 is 4.79 Å². The Kier molecular flexibility index (Phi) is 5.73. The molecule has 0 aliphatic heterocycles. The van der Waals surface area contributed by atoms with E-state index in [0.29, 0.717) is 18.8 Å². The van der Waals surface area contributed by atoms with Gasteiger partial charge >= 0.3 is 0 Å². The smallest absolute Gasteiger partial charge is 0.227 e. The van der Waals surface area contributed by atoms with Crippen LogP contribution in [0, 0.1) is 0 Å². The van der Waals surface area contributed by atoms with Crippen LogP contribution in [0.3, 0.4) is 0 Å². The van der Waals surface area contributed by atoms with Crippen LogP contribution in [-0.2, 0) is 11.2 Å². The van der Waals surface area contributed by atoms with E-state index in [1.165, 1.54) is 0 Å². The second kappa shape index (κ2) is 6.85. The lowest BCUT2D eigenvalue weighted by Crippen LogP contribution is -2.34. The minimum Gasteiger partial charge on any atom is -0.341 e. The van der Waals surface area contributed by atoms with E-state index < -0.39 is 0 Å². The molecule has 0 saturated heterocycles. The van der Waals surface area contributed by atoms with Crippen molar-refractivity contribution in [2.24, 2.45) is 0 Å². The van der Waals surface area contributed by atoms with E-state index in [-0.39, 0.29) is 5.91 Å². The summed E-state index contributed by atoms with van der Waals surface area (Å²) in [5.74, 6) is 0.686. The third-order valence-electron chi connectivity index (χ3n) is 2.14. The number of alkyl halides is 1. The normalized spacial score (nSPS) is 10.3. The van der Waals surface area contributed by atoms with Gasteiger partial charge in [-0.25, -0.2) is 0 Å². The fourth-order valence-electron chi connectivity index (χ4n) is 1.41. The Morgan fingerprint density at radius 1 is 1.53 bits per heavy atom. The van der Waals surface area contributed by atoms with Gasteiger partial charge in [-0.15, -0.1) is 11.6 Å². The van der Waals surface area contributed by atoms with Crippen LogP contribution in [0.4, 0.5) is 0 Å². The van der Waals surface area contributed by atoms with E-state index in [0.717, 1.165) is 18.5 Å². The largest absolute Gasteiger partial charge is 0.341 e. The SMILES string of the molecule is CCCN(CCCl)C(=O)Cc1ccsc1. The predicted molar refractivity (Wildman–Crippen MR) is 65.6 cm³/mol. The lowest BCUT2D eigenvalue weighted by atomic mass is 10.2. The molecule has 1 aromatic rings. The Morgan fingerprint density at radius 2 is 2.33 bits per heavy atom. The molecule has 0 aromatic carbocycles. The number of carbonyl (C=O) groups excluding carboxylic acids is 1. The van der Waals surface area contributed by atoms with Crippen molar-refractivity contribution in [3.05, 3.63) is 22.4 Å². The molecule has 4 heteroatoms. The molecule has 2 nitrogen and oxygen atoms in total. The summed E-state index contributed by atoms with van der Waals surface area (Å²) in [5, 5.41) is 4.01. The number of rotatable bonds is 6. The Balaban J connectivity index is 2.48. The van der Waals surface area contributed by atoms with Gasteiger partial charge in [0.2, 0.25) is 5.91 Å². The second-order valence-corrected chi connectivity index (χ2v) is 4.54. The number of thiophene rings is 1. The molecule has 84 valence electrons. The number of carbonyl (C=O) groups is 1. The maximum atomic E-state index is 11.9. The van der Waals surface area contributed by atoms with Crippen LogP contribution in [0.15, 0.2) is 16.8 Å². The van der Waals surface area contributed by atoms with Gasteiger partial charge in [0.25, 0.3) is 0 Å².